The first-order valence-corrected chi connectivity index (χ1v) is 9.68. The van der Waals surface area contributed by atoms with Crippen molar-refractivity contribution in [3.8, 4) is 0 Å². The summed E-state index contributed by atoms with van der Waals surface area (Å²) in [6.45, 7) is 0. The van der Waals surface area contributed by atoms with Crippen LogP contribution in [0.2, 0.25) is 0 Å². The largest absolute Gasteiger partial charge is 0.343 e. The van der Waals surface area contributed by atoms with Crippen LogP contribution in [0, 0.1) is 10.1 Å². The Balaban J connectivity index is 1.94. The van der Waals surface area contributed by atoms with Gasteiger partial charge in [-0.05, 0) is 24.7 Å². The predicted molar refractivity (Wildman–Crippen MR) is 101 cm³/mol. The molecule has 8 nitrogen and oxygen atoms in total. The van der Waals surface area contributed by atoms with Crippen molar-refractivity contribution in [3.63, 3.8) is 0 Å². The second-order valence-electron chi connectivity index (χ2n) is 6.41. The molecular formula is C18H16N4O4S. The smallest absolute Gasteiger partial charge is 0.269 e. The number of carbonyl (C=O) groups excluding carboxylic acids is 1. The number of fused-ring (bicyclic) bond motifs is 1. The molecule has 27 heavy (non-hydrogen) atoms. The van der Waals surface area contributed by atoms with Crippen LogP contribution < -0.4 is 10.9 Å². The molecule has 0 spiro atoms. The Morgan fingerprint density at radius 2 is 1.96 bits per heavy atom. The average Bonchev–Trinajstić information content (AvgIpc) is 2.66. The number of ketones is 1. The molecule has 0 saturated carbocycles. The molecule has 0 saturated heterocycles. The van der Waals surface area contributed by atoms with Gasteiger partial charge in [0, 0.05) is 35.7 Å². The van der Waals surface area contributed by atoms with Crippen molar-refractivity contribution in [1.82, 2.24) is 9.97 Å². The molecule has 0 bridgehead atoms. The number of hydrogen-bond donors (Lipinski definition) is 2. The lowest BCUT2D eigenvalue weighted by molar-refractivity contribution is -0.384. The number of nitro benzene ring substituents is 1. The molecule has 2 N–H and O–H groups in total. The first kappa shape index (κ1) is 17.5. The highest BCUT2D eigenvalue weighted by Crippen LogP contribution is 2.43. The number of thioether (sulfide) groups is 1. The van der Waals surface area contributed by atoms with Crippen LogP contribution in [0.3, 0.4) is 0 Å². The van der Waals surface area contributed by atoms with Crippen LogP contribution in [0.15, 0.2) is 45.5 Å². The summed E-state index contributed by atoms with van der Waals surface area (Å²) in [5, 5.41) is 14.6. The minimum absolute atomic E-state index is 0.00824. The standard InChI is InChI=1S/C18H16N4O4S/c1-27-18-20-16-15(17(24)21-18)13(9-5-7-10(8-6-9)22(25)26)14-11(19-16)3-2-4-12(14)23/h5-8,13H,2-4H2,1H3,(H2,19,20,21,24)/t13-/m0/s1. The molecule has 1 atom stereocenters. The SMILES string of the molecule is CSc1nc2c(c(=O)[nH]1)[C@@H](c1ccc([N+](=O)[O-])cc1)C1=C(CCCC1=O)N2. The Labute approximate surface area is 158 Å². The molecule has 1 aromatic heterocycles. The third-order valence-corrected chi connectivity index (χ3v) is 5.45. The third kappa shape index (κ3) is 2.93. The van der Waals surface area contributed by atoms with Gasteiger partial charge < -0.3 is 10.3 Å². The van der Waals surface area contributed by atoms with Gasteiger partial charge in [0.1, 0.15) is 5.82 Å². The van der Waals surface area contributed by atoms with Crippen LogP contribution in [-0.4, -0.2) is 26.9 Å². The van der Waals surface area contributed by atoms with E-state index in [0.29, 0.717) is 40.5 Å². The van der Waals surface area contributed by atoms with Crippen molar-refractivity contribution in [2.75, 3.05) is 11.6 Å². The number of anilines is 1. The number of rotatable bonds is 3. The number of aromatic amines is 1. The Hall–Kier alpha value is -2.94. The van der Waals surface area contributed by atoms with E-state index in [0.717, 1.165) is 12.1 Å². The maximum Gasteiger partial charge on any atom is 0.269 e. The van der Waals surface area contributed by atoms with Crippen molar-refractivity contribution >= 4 is 29.1 Å². The molecule has 1 aromatic carbocycles. The molecule has 2 heterocycles. The first-order chi connectivity index (χ1) is 13.0. The van der Waals surface area contributed by atoms with E-state index >= 15 is 0 Å². The van der Waals surface area contributed by atoms with E-state index in [1.807, 2.05) is 6.26 Å². The van der Waals surface area contributed by atoms with Gasteiger partial charge in [-0.1, -0.05) is 23.9 Å². The topological polar surface area (TPSA) is 118 Å². The van der Waals surface area contributed by atoms with Crippen LogP contribution in [0.5, 0.6) is 0 Å². The third-order valence-electron chi connectivity index (χ3n) is 4.87. The molecule has 9 heteroatoms. The van der Waals surface area contributed by atoms with Gasteiger partial charge in [0.25, 0.3) is 11.2 Å². The minimum Gasteiger partial charge on any atom is -0.343 e. The second-order valence-corrected chi connectivity index (χ2v) is 7.21. The number of nitrogens with one attached hydrogen (secondary N) is 2. The number of Topliss-reactive ketones (excluding diaryl/α,β-unsaturated/α-hetero) is 1. The lowest BCUT2D eigenvalue weighted by atomic mass is 9.76. The molecular weight excluding hydrogens is 368 g/mol. The summed E-state index contributed by atoms with van der Waals surface area (Å²) in [6.07, 6.45) is 3.68. The number of hydrogen-bond acceptors (Lipinski definition) is 7. The zero-order valence-electron chi connectivity index (χ0n) is 14.4. The van der Waals surface area contributed by atoms with E-state index in [2.05, 4.69) is 15.3 Å². The number of non-ortho nitro benzene ring substituents is 1. The number of H-pyrrole nitrogens is 1. The van der Waals surface area contributed by atoms with Gasteiger partial charge in [-0.3, -0.25) is 19.7 Å². The fourth-order valence-corrected chi connectivity index (χ4v) is 4.04. The molecule has 0 amide bonds. The summed E-state index contributed by atoms with van der Waals surface area (Å²) in [5.41, 5.74) is 2.02. The number of carbonyl (C=O) groups is 1. The van der Waals surface area contributed by atoms with Crippen LogP contribution in [-0.2, 0) is 4.79 Å². The van der Waals surface area contributed by atoms with E-state index in [9.17, 15) is 19.7 Å². The quantitative estimate of drug-likeness (QED) is 0.361. The summed E-state index contributed by atoms with van der Waals surface area (Å²) in [6, 6.07) is 5.99. The molecule has 1 aliphatic heterocycles. The normalized spacial score (nSPS) is 18.6. The lowest BCUT2D eigenvalue weighted by Gasteiger charge is -2.32. The van der Waals surface area contributed by atoms with Crippen LogP contribution in [0.25, 0.3) is 0 Å². The molecule has 0 fully saturated rings. The molecule has 2 aliphatic rings. The van der Waals surface area contributed by atoms with Gasteiger partial charge in [-0.15, -0.1) is 0 Å². The number of nitrogens with zero attached hydrogens (tertiary/aromatic N) is 2. The number of nitro groups is 1. The highest BCUT2D eigenvalue weighted by atomic mass is 32.2. The monoisotopic (exact) mass is 384 g/mol. The van der Waals surface area contributed by atoms with Gasteiger partial charge in [0.15, 0.2) is 10.9 Å². The van der Waals surface area contributed by atoms with Gasteiger partial charge in [0.05, 0.1) is 10.5 Å². The Morgan fingerprint density at radius 3 is 2.63 bits per heavy atom. The van der Waals surface area contributed by atoms with Crippen LogP contribution in [0.1, 0.15) is 36.3 Å². The summed E-state index contributed by atoms with van der Waals surface area (Å²) >= 11 is 1.32. The van der Waals surface area contributed by atoms with Crippen LogP contribution in [0.4, 0.5) is 11.5 Å². The Bertz CT molecular complexity index is 1040. The Morgan fingerprint density at radius 1 is 1.22 bits per heavy atom. The molecule has 1 aliphatic carbocycles. The van der Waals surface area contributed by atoms with Gasteiger partial charge >= 0.3 is 0 Å². The molecule has 0 unspecified atom stereocenters. The summed E-state index contributed by atoms with van der Waals surface area (Å²) in [7, 11) is 0. The molecule has 2 aromatic rings. The van der Waals surface area contributed by atoms with E-state index in [1.54, 1.807) is 12.1 Å². The highest BCUT2D eigenvalue weighted by Gasteiger charge is 2.37. The predicted octanol–water partition coefficient (Wildman–Crippen LogP) is 2.96. The van der Waals surface area contributed by atoms with Crippen LogP contribution >= 0.6 is 11.8 Å². The molecule has 138 valence electrons. The van der Waals surface area contributed by atoms with E-state index in [1.165, 1.54) is 23.9 Å². The maximum absolute atomic E-state index is 12.8. The van der Waals surface area contributed by atoms with E-state index < -0.39 is 10.8 Å². The molecule has 0 radical (unpaired) electrons. The average molecular weight is 384 g/mol. The van der Waals surface area contributed by atoms with Gasteiger partial charge in [-0.2, -0.15) is 0 Å². The summed E-state index contributed by atoms with van der Waals surface area (Å²) in [5.74, 6) is -0.150. The minimum atomic E-state index is -0.586. The van der Waals surface area contributed by atoms with Crippen molar-refractivity contribution in [1.29, 1.82) is 0 Å². The van der Waals surface area contributed by atoms with Crippen molar-refractivity contribution in [3.05, 3.63) is 67.1 Å². The molecule has 4 rings (SSSR count). The first-order valence-electron chi connectivity index (χ1n) is 8.45. The number of benzene rings is 1. The second kappa shape index (κ2) is 6.66. The lowest BCUT2D eigenvalue weighted by Crippen LogP contribution is -2.32. The van der Waals surface area contributed by atoms with E-state index in [-0.39, 0.29) is 17.0 Å². The fourth-order valence-electron chi connectivity index (χ4n) is 3.66. The Kier molecular flexibility index (Phi) is 4.31. The van der Waals surface area contributed by atoms with Crippen molar-refractivity contribution < 1.29 is 9.72 Å². The summed E-state index contributed by atoms with van der Waals surface area (Å²) < 4.78 is 0. The number of aromatic nitrogens is 2. The zero-order valence-corrected chi connectivity index (χ0v) is 15.3. The van der Waals surface area contributed by atoms with Crippen molar-refractivity contribution in [2.45, 2.75) is 30.3 Å². The summed E-state index contributed by atoms with van der Waals surface area (Å²) in [4.78, 5) is 43.2. The number of allylic oxidation sites excluding steroid dienone is 2. The fraction of sp³-hybridized carbons (Fsp3) is 0.278. The maximum atomic E-state index is 12.8. The zero-order chi connectivity index (χ0) is 19.1. The van der Waals surface area contributed by atoms with Gasteiger partial charge in [-0.25, -0.2) is 4.98 Å². The highest BCUT2D eigenvalue weighted by molar-refractivity contribution is 7.98. The van der Waals surface area contributed by atoms with Crippen molar-refractivity contribution in [2.24, 2.45) is 0 Å². The van der Waals surface area contributed by atoms with E-state index in [4.69, 9.17) is 0 Å². The van der Waals surface area contributed by atoms with Gasteiger partial charge in [0.2, 0.25) is 0 Å².